The van der Waals surface area contributed by atoms with Crippen molar-refractivity contribution in [2.24, 2.45) is 5.92 Å². The van der Waals surface area contributed by atoms with Crippen molar-refractivity contribution in [3.63, 3.8) is 0 Å². The Morgan fingerprint density at radius 3 is 2.11 bits per heavy atom. The summed E-state index contributed by atoms with van der Waals surface area (Å²) in [4.78, 5) is 0. The van der Waals surface area contributed by atoms with Crippen molar-refractivity contribution < 1.29 is 0 Å². The van der Waals surface area contributed by atoms with Crippen LogP contribution in [0.25, 0.3) is 0 Å². The first kappa shape index (κ1) is 11.7. The quantitative estimate of drug-likeness (QED) is 0.617. The first-order chi connectivity index (χ1) is 4.31. The predicted octanol–water partition coefficient (Wildman–Crippen LogP) is 2.96. The van der Waals surface area contributed by atoms with Gasteiger partial charge in [-0.05, 0) is 13.3 Å². The van der Waals surface area contributed by atoms with Gasteiger partial charge in [0.15, 0.2) is 0 Å². The molecule has 0 bridgehead atoms. The number of hydrogen-bond donors (Lipinski definition) is 0. The number of nitrogens with zero attached hydrogens (tertiary/aromatic N) is 1. The summed E-state index contributed by atoms with van der Waals surface area (Å²) in [5.74, 6) is 0.208. The summed E-state index contributed by atoms with van der Waals surface area (Å²) in [5, 5.41) is 9.13. The van der Waals surface area contributed by atoms with E-state index in [-0.39, 0.29) is 5.92 Å². The van der Waals surface area contributed by atoms with Gasteiger partial charge >= 0.3 is 0 Å². The first-order valence-electron chi connectivity index (χ1n) is 3.27. The minimum absolute atomic E-state index is 0.208. The van der Waals surface area contributed by atoms with Crippen LogP contribution in [0.4, 0.5) is 0 Å². The highest BCUT2D eigenvalue weighted by atomic mass is 79.9. The third-order valence-corrected chi connectivity index (χ3v) is 1.22. The average molecular weight is 192 g/mol. The molecule has 1 atom stereocenters. The largest absolute Gasteiger partial charge is 0.198 e. The summed E-state index contributed by atoms with van der Waals surface area (Å²) >= 11 is 3.24. The third-order valence-electron chi connectivity index (χ3n) is 0.763. The van der Waals surface area contributed by atoms with E-state index >= 15 is 0 Å². The Balaban J connectivity index is 0. The average Bonchev–Trinajstić information content (AvgIpc) is 1.93. The molecule has 0 rings (SSSR count). The predicted molar refractivity (Wildman–Crippen MR) is 44.5 cm³/mol. The Morgan fingerprint density at radius 2 is 2.00 bits per heavy atom. The topological polar surface area (TPSA) is 23.8 Å². The van der Waals surface area contributed by atoms with Gasteiger partial charge in [0.25, 0.3) is 0 Å². The molecule has 0 fully saturated rings. The Bertz CT molecular complexity index is 75.5. The fraction of sp³-hybridized carbons (Fsp3) is 0.857. The highest BCUT2D eigenvalue weighted by molar-refractivity contribution is 9.09. The fourth-order valence-electron chi connectivity index (χ4n) is 0.228. The minimum atomic E-state index is 0.208. The normalized spacial score (nSPS) is 10.6. The molecule has 0 aliphatic heterocycles. The summed E-state index contributed by atoms with van der Waals surface area (Å²) in [6.07, 6.45) is 0.955. The van der Waals surface area contributed by atoms with Gasteiger partial charge in [-0.25, -0.2) is 0 Å². The van der Waals surface area contributed by atoms with Crippen LogP contribution in [0.1, 0.15) is 27.2 Å². The van der Waals surface area contributed by atoms with Crippen LogP contribution in [0.3, 0.4) is 0 Å². The number of rotatable bonds is 2. The second-order valence-corrected chi connectivity index (χ2v) is 2.30. The maximum absolute atomic E-state index is 8.20. The monoisotopic (exact) mass is 191 g/mol. The summed E-state index contributed by atoms with van der Waals surface area (Å²) in [6, 6.07) is 2.14. The van der Waals surface area contributed by atoms with E-state index in [0.29, 0.717) is 0 Å². The molecule has 0 radical (unpaired) electrons. The van der Waals surface area contributed by atoms with Gasteiger partial charge in [-0.15, -0.1) is 0 Å². The number of alkyl halides is 1. The minimum Gasteiger partial charge on any atom is -0.198 e. The van der Waals surface area contributed by atoms with Crippen LogP contribution in [0.2, 0.25) is 0 Å². The lowest BCUT2D eigenvalue weighted by Crippen LogP contribution is -1.88. The zero-order chi connectivity index (χ0) is 7.70. The summed E-state index contributed by atoms with van der Waals surface area (Å²) < 4.78 is 0. The molecule has 1 unspecified atom stereocenters. The molecule has 1 nitrogen and oxygen atoms in total. The molecule has 0 N–H and O–H groups in total. The van der Waals surface area contributed by atoms with Crippen LogP contribution in [-0.4, -0.2) is 5.33 Å². The molecule has 0 aromatic rings. The van der Waals surface area contributed by atoms with E-state index in [1.807, 2.05) is 20.8 Å². The maximum Gasteiger partial charge on any atom is 0.0653 e. The van der Waals surface area contributed by atoms with Crippen LogP contribution in [0.15, 0.2) is 0 Å². The molecular formula is C7H14BrN. The molecule has 0 amide bonds. The Labute approximate surface area is 66.2 Å². The number of nitriles is 1. The van der Waals surface area contributed by atoms with Crippen molar-refractivity contribution >= 4 is 15.9 Å². The highest BCUT2D eigenvalue weighted by Crippen LogP contribution is 2.00. The van der Waals surface area contributed by atoms with Gasteiger partial charge in [-0.3, -0.25) is 0 Å². The lowest BCUT2D eigenvalue weighted by Gasteiger charge is -1.91. The van der Waals surface area contributed by atoms with Crippen molar-refractivity contribution in [2.75, 3.05) is 5.33 Å². The molecule has 0 saturated heterocycles. The summed E-state index contributed by atoms with van der Waals surface area (Å²) in [7, 11) is 0. The lowest BCUT2D eigenvalue weighted by atomic mass is 10.2. The number of halogens is 1. The first-order valence-corrected chi connectivity index (χ1v) is 4.39. The third kappa shape index (κ3) is 11.5. The molecule has 0 saturated carbocycles. The van der Waals surface area contributed by atoms with Crippen molar-refractivity contribution in [2.45, 2.75) is 27.2 Å². The molecule has 0 heterocycles. The van der Waals surface area contributed by atoms with Gasteiger partial charge in [-0.2, -0.15) is 5.26 Å². The number of hydrogen-bond acceptors (Lipinski definition) is 1. The highest BCUT2D eigenvalue weighted by Gasteiger charge is 1.93. The summed E-state index contributed by atoms with van der Waals surface area (Å²) in [5.41, 5.74) is 0. The molecule has 0 aliphatic rings. The second kappa shape index (κ2) is 10.9. The van der Waals surface area contributed by atoms with Gasteiger partial charge < -0.3 is 0 Å². The van der Waals surface area contributed by atoms with Gasteiger partial charge in [0, 0.05) is 11.2 Å². The van der Waals surface area contributed by atoms with E-state index in [0.717, 1.165) is 11.8 Å². The van der Waals surface area contributed by atoms with E-state index in [4.69, 9.17) is 5.26 Å². The zero-order valence-electron chi connectivity index (χ0n) is 6.32. The Morgan fingerprint density at radius 1 is 1.56 bits per heavy atom. The molecule has 0 spiro atoms. The van der Waals surface area contributed by atoms with Crippen molar-refractivity contribution in [3.05, 3.63) is 0 Å². The SMILES string of the molecule is CC.CC(C#N)CCBr. The van der Waals surface area contributed by atoms with Gasteiger partial charge in [0.05, 0.1) is 6.07 Å². The Hall–Kier alpha value is -0.0300. The second-order valence-electron chi connectivity index (χ2n) is 1.51. The molecular weight excluding hydrogens is 178 g/mol. The van der Waals surface area contributed by atoms with Crippen molar-refractivity contribution in [1.29, 1.82) is 5.26 Å². The van der Waals surface area contributed by atoms with E-state index in [1.165, 1.54) is 0 Å². The van der Waals surface area contributed by atoms with Gasteiger partial charge in [0.2, 0.25) is 0 Å². The molecule has 2 heteroatoms. The van der Waals surface area contributed by atoms with Crippen LogP contribution < -0.4 is 0 Å². The van der Waals surface area contributed by atoms with Gasteiger partial charge in [-0.1, -0.05) is 29.8 Å². The molecule has 0 aromatic carbocycles. The molecule has 54 valence electrons. The van der Waals surface area contributed by atoms with Crippen LogP contribution in [-0.2, 0) is 0 Å². The molecule has 9 heavy (non-hydrogen) atoms. The van der Waals surface area contributed by atoms with Crippen molar-refractivity contribution in [3.8, 4) is 6.07 Å². The van der Waals surface area contributed by atoms with Gasteiger partial charge in [0.1, 0.15) is 0 Å². The van der Waals surface area contributed by atoms with Crippen LogP contribution in [0, 0.1) is 17.2 Å². The van der Waals surface area contributed by atoms with Crippen molar-refractivity contribution in [1.82, 2.24) is 0 Å². The fourth-order valence-corrected chi connectivity index (χ4v) is 0.915. The maximum atomic E-state index is 8.20. The molecule has 0 aliphatic carbocycles. The zero-order valence-corrected chi connectivity index (χ0v) is 7.90. The molecule has 0 aromatic heterocycles. The summed E-state index contributed by atoms with van der Waals surface area (Å²) in [6.45, 7) is 5.92. The van der Waals surface area contributed by atoms with E-state index in [9.17, 15) is 0 Å². The Kier molecular flexibility index (Phi) is 14.2. The van der Waals surface area contributed by atoms with E-state index in [1.54, 1.807) is 0 Å². The van der Waals surface area contributed by atoms with Crippen LogP contribution >= 0.6 is 15.9 Å². The smallest absolute Gasteiger partial charge is 0.0653 e. The lowest BCUT2D eigenvalue weighted by molar-refractivity contribution is 0.723. The van der Waals surface area contributed by atoms with Crippen LogP contribution in [0.5, 0.6) is 0 Å². The van der Waals surface area contributed by atoms with E-state index in [2.05, 4.69) is 22.0 Å². The van der Waals surface area contributed by atoms with E-state index < -0.39 is 0 Å². The standard InChI is InChI=1S/C5H8BrN.C2H6/c1-5(4-7)2-3-6;1-2/h5H,2-3H2,1H3;1-2H3.